The summed E-state index contributed by atoms with van der Waals surface area (Å²) in [6.45, 7) is 0. The molecule has 1 fully saturated rings. The molecule has 1 aliphatic carbocycles. The zero-order valence-electron chi connectivity index (χ0n) is 16.0. The van der Waals surface area contributed by atoms with Gasteiger partial charge < -0.3 is 0 Å². The van der Waals surface area contributed by atoms with Crippen LogP contribution in [-0.2, 0) is 10.0 Å². The minimum atomic E-state index is -3.92. The Morgan fingerprint density at radius 2 is 1.90 bits per heavy atom. The maximum absolute atomic E-state index is 12.8. The Kier molecular flexibility index (Phi) is 3.78. The highest BCUT2D eigenvalue weighted by molar-refractivity contribution is 7.90. The van der Waals surface area contributed by atoms with Gasteiger partial charge in [-0.3, -0.25) is 14.9 Å². The Balaban J connectivity index is 1.34. The van der Waals surface area contributed by atoms with Crippen molar-refractivity contribution in [2.75, 3.05) is 5.32 Å². The largest absolute Gasteiger partial charge is 0.298 e. The number of hydrogen-bond acceptors (Lipinski definition) is 6. The molecule has 1 aromatic heterocycles. The maximum atomic E-state index is 12.8. The molecule has 7 nitrogen and oxygen atoms in total. The lowest BCUT2D eigenvalue weighted by Gasteiger charge is -2.13. The number of benzene rings is 3. The molecule has 0 saturated heterocycles. The van der Waals surface area contributed by atoms with E-state index < -0.39 is 21.8 Å². The fourth-order valence-corrected chi connectivity index (χ4v) is 6.66. The van der Waals surface area contributed by atoms with Gasteiger partial charge in [-0.25, -0.2) is 17.7 Å². The second-order valence-electron chi connectivity index (χ2n) is 7.65. The molecule has 0 spiro atoms. The molecule has 4 aromatic rings. The first-order chi connectivity index (χ1) is 14.9. The van der Waals surface area contributed by atoms with Gasteiger partial charge in [0.05, 0.1) is 15.8 Å². The average Bonchev–Trinajstić information content (AvgIpc) is 3.46. The molecule has 31 heavy (non-hydrogen) atoms. The number of carbonyl (C=O) groups is 2. The minimum Gasteiger partial charge on any atom is -0.298 e. The number of carbonyl (C=O) groups excluding carboxylic acids is 2. The van der Waals surface area contributed by atoms with Gasteiger partial charge in [0.25, 0.3) is 21.8 Å². The molecule has 2 aliphatic rings. The van der Waals surface area contributed by atoms with Crippen LogP contribution >= 0.6 is 11.3 Å². The van der Waals surface area contributed by atoms with Gasteiger partial charge in [-0.1, -0.05) is 41.7 Å². The molecule has 0 radical (unpaired) electrons. The number of aromatic nitrogens is 1. The Morgan fingerprint density at radius 1 is 1.10 bits per heavy atom. The van der Waals surface area contributed by atoms with Gasteiger partial charge >= 0.3 is 0 Å². The molecule has 1 aliphatic heterocycles. The van der Waals surface area contributed by atoms with Crippen LogP contribution < -0.4 is 5.32 Å². The average molecular weight is 450 g/mol. The quantitative estimate of drug-likeness (QED) is 0.510. The van der Waals surface area contributed by atoms with Gasteiger partial charge in [0, 0.05) is 17.0 Å². The van der Waals surface area contributed by atoms with Crippen LogP contribution in [0.2, 0.25) is 0 Å². The van der Waals surface area contributed by atoms with E-state index in [4.69, 9.17) is 0 Å². The molecule has 2 amide bonds. The highest BCUT2D eigenvalue weighted by Crippen LogP contribution is 2.40. The van der Waals surface area contributed by atoms with E-state index in [2.05, 4.69) is 10.3 Å². The molecule has 0 bridgehead atoms. The molecule has 6 rings (SSSR count). The molecule has 154 valence electrons. The first kappa shape index (κ1) is 18.5. The number of fused-ring (bicyclic) bond motifs is 4. The van der Waals surface area contributed by atoms with Crippen molar-refractivity contribution in [3.63, 3.8) is 0 Å². The second kappa shape index (κ2) is 6.35. The summed E-state index contributed by atoms with van der Waals surface area (Å²) >= 11 is 1.35. The standard InChI is InChI=1S/C22H15N3O4S2/c26-20(24-22-23-19-15-4-2-1-3-12(15)6-10-17(19)30-22)13-5-9-16-18(11-13)31(28,29)25(21(16)27)14-7-8-14/h1-6,9-11,14H,7-8H2,(H,23,24,26). The molecular weight excluding hydrogens is 434 g/mol. The fraction of sp³-hybridized carbons (Fsp3) is 0.136. The fourth-order valence-electron chi connectivity index (χ4n) is 3.94. The van der Waals surface area contributed by atoms with E-state index in [1.807, 2.05) is 36.4 Å². The summed E-state index contributed by atoms with van der Waals surface area (Å²) in [6, 6.07) is 15.8. The number of rotatable bonds is 3. The molecule has 9 heteroatoms. The monoisotopic (exact) mass is 449 g/mol. The van der Waals surface area contributed by atoms with Gasteiger partial charge in [0.2, 0.25) is 0 Å². The van der Waals surface area contributed by atoms with E-state index >= 15 is 0 Å². The first-order valence-electron chi connectivity index (χ1n) is 9.76. The summed E-state index contributed by atoms with van der Waals surface area (Å²) in [5.74, 6) is -0.985. The summed E-state index contributed by atoms with van der Waals surface area (Å²) in [6.07, 6.45) is 1.36. The molecule has 1 N–H and O–H groups in total. The summed E-state index contributed by atoms with van der Waals surface area (Å²) in [7, 11) is -3.92. The van der Waals surface area contributed by atoms with E-state index in [0.29, 0.717) is 18.0 Å². The van der Waals surface area contributed by atoms with Gasteiger partial charge in [-0.05, 0) is 42.5 Å². The summed E-state index contributed by atoms with van der Waals surface area (Å²) in [5, 5.41) is 5.25. The minimum absolute atomic E-state index is 0.104. The van der Waals surface area contributed by atoms with Gasteiger partial charge in [-0.2, -0.15) is 0 Å². The smallest absolute Gasteiger partial charge is 0.269 e. The van der Waals surface area contributed by atoms with Crippen molar-refractivity contribution in [2.45, 2.75) is 23.8 Å². The maximum Gasteiger partial charge on any atom is 0.269 e. The number of hydrogen-bond donors (Lipinski definition) is 1. The number of sulfonamides is 1. The molecular formula is C22H15N3O4S2. The lowest BCUT2D eigenvalue weighted by atomic mass is 10.1. The zero-order chi connectivity index (χ0) is 21.3. The highest BCUT2D eigenvalue weighted by Gasteiger charge is 2.48. The highest BCUT2D eigenvalue weighted by atomic mass is 32.2. The van der Waals surface area contributed by atoms with E-state index in [1.165, 1.54) is 29.5 Å². The molecule has 0 atom stereocenters. The van der Waals surface area contributed by atoms with Crippen LogP contribution in [0.1, 0.15) is 33.6 Å². The van der Waals surface area contributed by atoms with Crippen molar-refractivity contribution >= 4 is 59.3 Å². The van der Waals surface area contributed by atoms with Crippen molar-refractivity contribution in [1.29, 1.82) is 0 Å². The molecule has 0 unspecified atom stereocenters. The van der Waals surface area contributed by atoms with Crippen molar-refractivity contribution < 1.29 is 18.0 Å². The molecule has 3 aromatic carbocycles. The first-order valence-corrected chi connectivity index (χ1v) is 12.0. The van der Waals surface area contributed by atoms with Gasteiger partial charge in [0.1, 0.15) is 4.90 Å². The van der Waals surface area contributed by atoms with Crippen molar-refractivity contribution in [2.24, 2.45) is 0 Å². The van der Waals surface area contributed by atoms with Crippen molar-refractivity contribution in [1.82, 2.24) is 9.29 Å². The SMILES string of the molecule is O=C(Nc1nc2c(ccc3ccccc32)s1)c1ccc2c(c1)S(=O)(=O)N(C1CC1)C2=O. The third kappa shape index (κ3) is 2.77. The Bertz CT molecular complexity index is 1540. The summed E-state index contributed by atoms with van der Waals surface area (Å²) in [5.41, 5.74) is 1.09. The predicted molar refractivity (Wildman–Crippen MR) is 118 cm³/mol. The normalized spacial score (nSPS) is 17.3. The third-order valence-electron chi connectivity index (χ3n) is 5.59. The van der Waals surface area contributed by atoms with Crippen LogP contribution in [0.3, 0.4) is 0 Å². The van der Waals surface area contributed by atoms with Crippen LogP contribution in [-0.4, -0.2) is 35.6 Å². The Labute approximate surface area is 181 Å². The zero-order valence-corrected chi connectivity index (χ0v) is 17.7. The van der Waals surface area contributed by atoms with Crippen LogP contribution in [0.5, 0.6) is 0 Å². The Hall–Kier alpha value is -3.30. The van der Waals surface area contributed by atoms with Gasteiger partial charge in [0.15, 0.2) is 5.13 Å². The van der Waals surface area contributed by atoms with E-state index in [1.54, 1.807) is 0 Å². The van der Waals surface area contributed by atoms with Crippen LogP contribution in [0.4, 0.5) is 5.13 Å². The number of nitrogens with zero attached hydrogens (tertiary/aromatic N) is 2. The van der Waals surface area contributed by atoms with E-state index in [-0.39, 0.29) is 22.1 Å². The lowest BCUT2D eigenvalue weighted by molar-refractivity contribution is 0.0864. The van der Waals surface area contributed by atoms with Gasteiger partial charge in [-0.15, -0.1) is 0 Å². The number of amides is 2. The van der Waals surface area contributed by atoms with E-state index in [0.717, 1.165) is 25.3 Å². The topological polar surface area (TPSA) is 96.4 Å². The second-order valence-corrected chi connectivity index (χ2v) is 10.5. The van der Waals surface area contributed by atoms with E-state index in [9.17, 15) is 18.0 Å². The summed E-state index contributed by atoms with van der Waals surface area (Å²) in [4.78, 5) is 29.8. The van der Waals surface area contributed by atoms with Crippen molar-refractivity contribution in [3.05, 3.63) is 65.7 Å². The molecule has 1 saturated carbocycles. The van der Waals surface area contributed by atoms with Crippen LogP contribution in [0.25, 0.3) is 21.0 Å². The molecule has 2 heterocycles. The Morgan fingerprint density at radius 3 is 2.71 bits per heavy atom. The number of thiazole rings is 1. The van der Waals surface area contributed by atoms with Crippen molar-refractivity contribution in [3.8, 4) is 0 Å². The third-order valence-corrected chi connectivity index (χ3v) is 8.41. The lowest BCUT2D eigenvalue weighted by Crippen LogP contribution is -2.31. The van der Waals surface area contributed by atoms with Crippen LogP contribution in [0.15, 0.2) is 59.5 Å². The summed E-state index contributed by atoms with van der Waals surface area (Å²) < 4.78 is 27.5. The number of anilines is 1. The van der Waals surface area contributed by atoms with Crippen LogP contribution in [0, 0.1) is 0 Å². The predicted octanol–water partition coefficient (Wildman–Crippen LogP) is 4.01. The number of nitrogens with one attached hydrogen (secondary N) is 1.